The molecule has 2 rings (SSSR count). The molecule has 0 aliphatic heterocycles. The van der Waals surface area contributed by atoms with Crippen molar-refractivity contribution >= 4 is 5.97 Å². The zero-order chi connectivity index (χ0) is 16.2. The van der Waals surface area contributed by atoms with Crippen LogP contribution >= 0.6 is 0 Å². The largest absolute Gasteiger partial charge is 0.478 e. The fourth-order valence-electron chi connectivity index (χ4n) is 2.85. The number of carboxylic acid groups (broad SMARTS) is 1. The summed E-state index contributed by atoms with van der Waals surface area (Å²) in [6, 6.07) is 3.14. The molecule has 22 heavy (non-hydrogen) atoms. The number of allylic oxidation sites excluding steroid dienone is 4. The van der Waals surface area contributed by atoms with E-state index in [9.17, 15) is 4.79 Å². The van der Waals surface area contributed by atoms with Crippen molar-refractivity contribution in [3.8, 4) is 11.8 Å². The average molecular weight is 295 g/mol. The predicted molar refractivity (Wildman–Crippen MR) is 87.5 cm³/mol. The molecule has 0 radical (unpaired) electrons. The smallest absolute Gasteiger partial charge is 0.337 e. The Bertz CT molecular complexity index is 682. The molecule has 3 nitrogen and oxygen atoms in total. The molecule has 1 N–H and O–H groups in total. The van der Waals surface area contributed by atoms with Crippen molar-refractivity contribution in [3.05, 3.63) is 52.9 Å². The average Bonchev–Trinajstić information content (AvgIpc) is 2.46. The van der Waals surface area contributed by atoms with Gasteiger partial charge in [-0.15, -0.1) is 0 Å². The first-order chi connectivity index (χ1) is 10.4. The van der Waals surface area contributed by atoms with E-state index in [0.717, 1.165) is 6.42 Å². The second-order valence-corrected chi connectivity index (χ2v) is 6.27. The monoisotopic (exact) mass is 295 g/mol. The molecule has 0 amide bonds. The van der Waals surface area contributed by atoms with Crippen molar-refractivity contribution in [2.45, 2.75) is 40.0 Å². The standard InChI is InChI=1S/C19H21NO2/c1-14-7-6-12-19(2,3)17(14)9-5-4-8-16-11-10-15(13-20-16)18(21)22/h5,9-11,13H,6-7,12H2,1-3H3,(H,21,22). The molecule has 0 aromatic carbocycles. The Kier molecular flexibility index (Phi) is 4.82. The van der Waals surface area contributed by atoms with Crippen LogP contribution < -0.4 is 0 Å². The molecule has 114 valence electrons. The lowest BCUT2D eigenvalue weighted by atomic mass is 9.73. The van der Waals surface area contributed by atoms with Crippen molar-refractivity contribution < 1.29 is 9.90 Å². The summed E-state index contributed by atoms with van der Waals surface area (Å²) in [4.78, 5) is 14.8. The molecule has 1 aromatic heterocycles. The SMILES string of the molecule is CC1=C(C=CC#Cc2ccc(C(=O)O)cn2)C(C)(C)CCC1. The molecule has 0 atom stereocenters. The number of nitrogens with zero attached hydrogens (tertiary/aromatic N) is 1. The molecule has 1 aromatic rings. The normalized spacial score (nSPS) is 17.2. The number of hydrogen-bond acceptors (Lipinski definition) is 2. The van der Waals surface area contributed by atoms with Crippen molar-refractivity contribution in [1.29, 1.82) is 0 Å². The molecule has 1 heterocycles. The highest BCUT2D eigenvalue weighted by molar-refractivity contribution is 5.87. The van der Waals surface area contributed by atoms with Gasteiger partial charge in [-0.3, -0.25) is 0 Å². The van der Waals surface area contributed by atoms with Gasteiger partial charge in [0.1, 0.15) is 5.69 Å². The fraction of sp³-hybridized carbons (Fsp3) is 0.368. The van der Waals surface area contributed by atoms with Gasteiger partial charge in [0.05, 0.1) is 5.56 Å². The van der Waals surface area contributed by atoms with Crippen LogP contribution in [0.15, 0.2) is 41.6 Å². The van der Waals surface area contributed by atoms with Crippen LogP contribution in [0.5, 0.6) is 0 Å². The summed E-state index contributed by atoms with van der Waals surface area (Å²) < 4.78 is 0. The van der Waals surface area contributed by atoms with Crippen LogP contribution in [0.4, 0.5) is 0 Å². The zero-order valence-corrected chi connectivity index (χ0v) is 13.3. The van der Waals surface area contributed by atoms with Gasteiger partial charge in [-0.2, -0.15) is 0 Å². The van der Waals surface area contributed by atoms with E-state index in [4.69, 9.17) is 5.11 Å². The summed E-state index contributed by atoms with van der Waals surface area (Å²) in [5.74, 6) is 4.93. The van der Waals surface area contributed by atoms with E-state index in [1.165, 1.54) is 36.3 Å². The zero-order valence-electron chi connectivity index (χ0n) is 13.3. The van der Waals surface area contributed by atoms with Gasteiger partial charge in [-0.1, -0.05) is 31.4 Å². The highest BCUT2D eigenvalue weighted by atomic mass is 16.4. The first-order valence-corrected chi connectivity index (χ1v) is 7.48. The highest BCUT2D eigenvalue weighted by Gasteiger charge is 2.26. The Hall–Kier alpha value is -2.34. The van der Waals surface area contributed by atoms with Crippen LogP contribution in [0.2, 0.25) is 0 Å². The van der Waals surface area contributed by atoms with Gasteiger partial charge >= 0.3 is 5.97 Å². The Morgan fingerprint density at radius 1 is 1.41 bits per heavy atom. The molecule has 0 fully saturated rings. The van der Waals surface area contributed by atoms with Gasteiger partial charge in [0.15, 0.2) is 0 Å². The summed E-state index contributed by atoms with van der Waals surface area (Å²) in [5.41, 5.74) is 3.77. The maximum Gasteiger partial charge on any atom is 0.337 e. The quantitative estimate of drug-likeness (QED) is 0.831. The number of pyridine rings is 1. The van der Waals surface area contributed by atoms with Gasteiger partial charge in [-0.25, -0.2) is 9.78 Å². The summed E-state index contributed by atoms with van der Waals surface area (Å²) in [7, 11) is 0. The second kappa shape index (κ2) is 6.62. The molecular formula is C19H21NO2. The van der Waals surface area contributed by atoms with Crippen LogP contribution in [0.1, 0.15) is 56.1 Å². The molecule has 0 unspecified atom stereocenters. The second-order valence-electron chi connectivity index (χ2n) is 6.27. The lowest BCUT2D eigenvalue weighted by Gasteiger charge is -2.32. The lowest BCUT2D eigenvalue weighted by molar-refractivity contribution is 0.0696. The van der Waals surface area contributed by atoms with Crippen LogP contribution in [0.25, 0.3) is 0 Å². The first kappa shape index (κ1) is 16.0. The maximum absolute atomic E-state index is 10.7. The molecule has 0 saturated carbocycles. The number of hydrogen-bond donors (Lipinski definition) is 1. The van der Waals surface area contributed by atoms with Crippen molar-refractivity contribution in [3.63, 3.8) is 0 Å². The van der Waals surface area contributed by atoms with Crippen molar-refractivity contribution in [2.75, 3.05) is 0 Å². The number of rotatable bonds is 2. The van der Waals surface area contributed by atoms with Crippen molar-refractivity contribution in [2.24, 2.45) is 5.41 Å². The minimum Gasteiger partial charge on any atom is -0.478 e. The maximum atomic E-state index is 10.7. The lowest BCUT2D eigenvalue weighted by Crippen LogP contribution is -2.18. The summed E-state index contributed by atoms with van der Waals surface area (Å²) >= 11 is 0. The van der Waals surface area contributed by atoms with Crippen LogP contribution in [0, 0.1) is 17.3 Å². The minimum absolute atomic E-state index is 0.172. The summed E-state index contributed by atoms with van der Waals surface area (Å²) in [5, 5.41) is 8.82. The number of carbonyl (C=O) groups is 1. The molecular weight excluding hydrogens is 274 g/mol. The van der Waals surface area contributed by atoms with E-state index < -0.39 is 5.97 Å². The van der Waals surface area contributed by atoms with E-state index in [0.29, 0.717) is 5.69 Å². The van der Waals surface area contributed by atoms with E-state index in [2.05, 4.69) is 43.7 Å². The van der Waals surface area contributed by atoms with Crippen LogP contribution in [-0.4, -0.2) is 16.1 Å². The molecule has 0 saturated heterocycles. The number of aromatic nitrogens is 1. The summed E-state index contributed by atoms with van der Waals surface area (Å²) in [6.45, 7) is 6.74. The van der Waals surface area contributed by atoms with Crippen molar-refractivity contribution in [1.82, 2.24) is 4.98 Å². The Morgan fingerprint density at radius 3 is 2.77 bits per heavy atom. The minimum atomic E-state index is -0.978. The third-order valence-electron chi connectivity index (χ3n) is 4.09. The van der Waals surface area contributed by atoms with Gasteiger partial charge in [0, 0.05) is 6.20 Å². The van der Waals surface area contributed by atoms with Gasteiger partial charge in [0.2, 0.25) is 0 Å². The third-order valence-corrected chi connectivity index (χ3v) is 4.09. The molecule has 0 bridgehead atoms. The van der Waals surface area contributed by atoms with Crippen LogP contribution in [-0.2, 0) is 0 Å². The van der Waals surface area contributed by atoms with E-state index in [1.807, 2.05) is 6.08 Å². The topological polar surface area (TPSA) is 50.2 Å². The van der Waals surface area contributed by atoms with E-state index in [1.54, 1.807) is 6.07 Å². The van der Waals surface area contributed by atoms with Gasteiger partial charge in [0.25, 0.3) is 0 Å². The predicted octanol–water partition coefficient (Wildman–Crippen LogP) is 4.21. The molecule has 3 heteroatoms. The Labute approximate surface area is 131 Å². The molecule has 1 aliphatic rings. The molecule has 1 aliphatic carbocycles. The van der Waals surface area contributed by atoms with Gasteiger partial charge in [-0.05, 0) is 61.3 Å². The first-order valence-electron chi connectivity index (χ1n) is 7.48. The number of aromatic carboxylic acids is 1. The van der Waals surface area contributed by atoms with E-state index in [-0.39, 0.29) is 11.0 Å². The van der Waals surface area contributed by atoms with Crippen LogP contribution in [0.3, 0.4) is 0 Å². The fourth-order valence-corrected chi connectivity index (χ4v) is 2.85. The Morgan fingerprint density at radius 2 is 2.18 bits per heavy atom. The van der Waals surface area contributed by atoms with E-state index >= 15 is 0 Å². The molecule has 0 spiro atoms. The Balaban J connectivity index is 2.11. The third kappa shape index (κ3) is 3.85. The van der Waals surface area contributed by atoms with Gasteiger partial charge < -0.3 is 5.11 Å². The summed E-state index contributed by atoms with van der Waals surface area (Å²) in [6.07, 6.45) is 8.91. The number of carboxylic acids is 1. The highest BCUT2D eigenvalue weighted by Crippen LogP contribution is 2.40.